The molecule has 53 heavy (non-hydrogen) atoms. The molecule has 4 aliphatic rings. The zero-order valence-electron chi connectivity index (χ0n) is 28.8. The van der Waals surface area contributed by atoms with E-state index in [-0.39, 0.29) is 44.7 Å². The van der Waals surface area contributed by atoms with E-state index in [1.165, 1.54) is 12.1 Å². The van der Waals surface area contributed by atoms with E-state index in [1.54, 1.807) is 72.8 Å². The van der Waals surface area contributed by atoms with Crippen LogP contribution >= 0.6 is 0 Å². The van der Waals surface area contributed by atoms with Crippen molar-refractivity contribution in [1.82, 2.24) is 25.6 Å². The number of rotatable bonds is 2. The zero-order valence-corrected chi connectivity index (χ0v) is 28.8. The fourth-order valence-electron chi connectivity index (χ4n) is 4.55. The Hall–Kier alpha value is -6.39. The fraction of sp³-hybridized carbons (Fsp3) is 0.278. The Balaban J connectivity index is 1.31. The van der Waals surface area contributed by atoms with Gasteiger partial charge in [0.1, 0.15) is 24.7 Å². The molecule has 1 aromatic heterocycles. The molecule has 5 heterocycles. The van der Waals surface area contributed by atoms with Gasteiger partial charge in [0.05, 0.1) is 0 Å². The van der Waals surface area contributed by atoms with E-state index < -0.39 is 41.9 Å². The molecule has 3 amide bonds. The van der Waals surface area contributed by atoms with E-state index in [1.807, 2.05) is 13.8 Å². The average Bonchev–Trinajstić information content (AvgIpc) is 3.13. The second-order valence-corrected chi connectivity index (χ2v) is 12.5. The summed E-state index contributed by atoms with van der Waals surface area (Å²) in [6.07, 6.45) is -1.03. The molecular weight excluding hydrogens is 697 g/mol. The standard InChI is InChI=1S/C36H37F3N8O6/c1-35(2)20-41-29(48)24-7-9-26(10-8-24)44-33-45-32(46-34(47-33)53-22-36(37,38)39)40-19-23-5-13-27(14-6-23)51-17-3-4-18-52-28-15-11-25(12-16-28)43-31(50)30(49)42-21-35/h3-16H,17-22H2,1-2H3,(H,41,48)(H,42,49)(H,43,50)(H2,40,44,45,46,47). The highest BCUT2D eigenvalue weighted by atomic mass is 19.4. The Bertz CT molecular complexity index is 1900. The molecule has 0 radical (unpaired) electrons. The zero-order chi connectivity index (χ0) is 37.8. The van der Waals surface area contributed by atoms with E-state index in [4.69, 9.17) is 14.2 Å². The summed E-state index contributed by atoms with van der Waals surface area (Å²) in [6.45, 7) is 3.05. The number of halogens is 3. The Morgan fingerprint density at radius 2 is 1.23 bits per heavy atom. The number of hydrogen-bond donors (Lipinski definition) is 5. The van der Waals surface area contributed by atoms with Gasteiger partial charge in [-0.15, -0.1) is 0 Å². The third kappa shape index (κ3) is 12.4. The average molecular weight is 735 g/mol. The van der Waals surface area contributed by atoms with Gasteiger partial charge in [-0.1, -0.05) is 26.0 Å². The van der Waals surface area contributed by atoms with Gasteiger partial charge in [0.2, 0.25) is 11.9 Å². The van der Waals surface area contributed by atoms with E-state index in [9.17, 15) is 27.6 Å². The van der Waals surface area contributed by atoms with Crippen LogP contribution in [-0.4, -0.2) is 71.8 Å². The van der Waals surface area contributed by atoms with Crippen molar-refractivity contribution in [3.8, 4) is 17.5 Å². The summed E-state index contributed by atoms with van der Waals surface area (Å²) in [7, 11) is 0. The normalized spacial score (nSPS) is 15.8. The number of nitrogens with one attached hydrogen (secondary N) is 5. The minimum atomic E-state index is -4.61. The molecule has 8 rings (SSSR count). The van der Waals surface area contributed by atoms with Crippen LogP contribution < -0.4 is 40.8 Å². The molecule has 14 nitrogen and oxygen atoms in total. The Morgan fingerprint density at radius 3 is 1.85 bits per heavy atom. The smallest absolute Gasteiger partial charge is 0.422 e. The predicted molar refractivity (Wildman–Crippen MR) is 189 cm³/mol. The molecule has 0 aliphatic carbocycles. The predicted octanol–water partition coefficient (Wildman–Crippen LogP) is 5.01. The van der Waals surface area contributed by atoms with Gasteiger partial charge < -0.3 is 40.8 Å². The molecule has 4 aromatic rings. The molecule has 0 spiro atoms. The monoisotopic (exact) mass is 734 g/mol. The van der Waals surface area contributed by atoms with E-state index in [0.29, 0.717) is 28.4 Å². The van der Waals surface area contributed by atoms with Gasteiger partial charge in [-0.3, -0.25) is 14.4 Å². The number of alkyl halides is 3. The molecule has 0 saturated carbocycles. The minimum absolute atomic E-state index is 0.0413. The number of nitrogens with zero attached hydrogens (tertiary/aromatic N) is 3. The van der Waals surface area contributed by atoms with Gasteiger partial charge in [0.15, 0.2) is 6.61 Å². The van der Waals surface area contributed by atoms with Gasteiger partial charge in [-0.2, -0.15) is 28.1 Å². The van der Waals surface area contributed by atoms with Crippen LogP contribution in [0.5, 0.6) is 17.5 Å². The van der Waals surface area contributed by atoms with Crippen molar-refractivity contribution in [2.75, 3.05) is 48.9 Å². The van der Waals surface area contributed by atoms with Crippen molar-refractivity contribution >= 4 is 41.0 Å². The number of amides is 3. The fourth-order valence-corrected chi connectivity index (χ4v) is 4.55. The number of fused-ring (bicyclic) bond motifs is 3. The molecule has 8 bridgehead atoms. The first-order chi connectivity index (χ1) is 25.3. The third-order valence-corrected chi connectivity index (χ3v) is 7.39. The van der Waals surface area contributed by atoms with Gasteiger partial charge in [-0.05, 0) is 83.8 Å². The number of ether oxygens (including phenoxy) is 3. The van der Waals surface area contributed by atoms with Crippen LogP contribution in [0, 0.1) is 5.41 Å². The minimum Gasteiger partial charge on any atom is -0.490 e. The first-order valence-corrected chi connectivity index (χ1v) is 16.3. The van der Waals surface area contributed by atoms with Crippen molar-refractivity contribution in [2.24, 2.45) is 5.41 Å². The van der Waals surface area contributed by atoms with Gasteiger partial charge in [0.25, 0.3) is 5.91 Å². The van der Waals surface area contributed by atoms with E-state index in [2.05, 4.69) is 41.5 Å². The second-order valence-electron chi connectivity index (χ2n) is 12.5. The van der Waals surface area contributed by atoms with Crippen molar-refractivity contribution in [2.45, 2.75) is 26.6 Å². The molecule has 0 unspecified atom stereocenters. The lowest BCUT2D eigenvalue weighted by atomic mass is 9.93. The molecular formula is C36H37F3N8O6. The van der Waals surface area contributed by atoms with Crippen molar-refractivity contribution < 1.29 is 41.8 Å². The van der Waals surface area contributed by atoms with Crippen molar-refractivity contribution in [3.63, 3.8) is 0 Å². The number of hydrogen-bond acceptors (Lipinski definition) is 11. The summed E-state index contributed by atoms with van der Waals surface area (Å²) >= 11 is 0. The summed E-state index contributed by atoms with van der Waals surface area (Å²) in [5.41, 5.74) is 1.34. The molecule has 17 heteroatoms. The van der Waals surface area contributed by atoms with Gasteiger partial charge >= 0.3 is 24.0 Å². The topological polar surface area (TPSA) is 178 Å². The Labute approximate surface area is 302 Å². The lowest BCUT2D eigenvalue weighted by Gasteiger charge is -2.25. The van der Waals surface area contributed by atoms with Crippen LogP contribution in [0.3, 0.4) is 0 Å². The second kappa shape index (κ2) is 17.2. The summed E-state index contributed by atoms with van der Waals surface area (Å²) in [5, 5.41) is 13.8. The molecule has 0 fully saturated rings. The maximum absolute atomic E-state index is 12.9. The number of aromatic nitrogens is 3. The van der Waals surface area contributed by atoms with Gasteiger partial charge in [0, 0.05) is 36.6 Å². The van der Waals surface area contributed by atoms with Crippen LogP contribution in [-0.2, 0) is 16.1 Å². The SMILES string of the molecule is CC1(C)CNC(=O)C(=O)Nc2ccc(cc2)OCC=CCOc2ccc(cc2)CNc2nc(nc(OCC(F)(F)F)n2)Nc2ccc(cc2)C(=O)NC1. The highest BCUT2D eigenvalue weighted by Crippen LogP contribution is 2.22. The lowest BCUT2D eigenvalue weighted by molar-refractivity contribution is -0.154. The molecule has 3 aromatic carbocycles. The number of benzene rings is 3. The Morgan fingerprint density at radius 1 is 0.679 bits per heavy atom. The highest BCUT2D eigenvalue weighted by molar-refractivity contribution is 6.39. The first kappa shape index (κ1) is 37.9. The number of carbonyl (C=O) groups is 3. The molecule has 5 N–H and O–H groups in total. The summed E-state index contributed by atoms with van der Waals surface area (Å²) in [6, 6.07) is 19.3. The maximum atomic E-state index is 12.9. The van der Waals surface area contributed by atoms with Crippen molar-refractivity contribution in [3.05, 3.63) is 96.1 Å². The van der Waals surface area contributed by atoms with Crippen molar-refractivity contribution in [1.29, 1.82) is 0 Å². The number of carbonyl (C=O) groups excluding carboxylic acids is 3. The molecule has 4 aliphatic heterocycles. The highest BCUT2D eigenvalue weighted by Gasteiger charge is 2.29. The lowest BCUT2D eigenvalue weighted by Crippen LogP contribution is -2.44. The first-order valence-electron chi connectivity index (χ1n) is 16.3. The van der Waals surface area contributed by atoms with Crippen LogP contribution in [0.25, 0.3) is 0 Å². The van der Waals surface area contributed by atoms with E-state index in [0.717, 1.165) is 5.56 Å². The van der Waals surface area contributed by atoms with Crippen LogP contribution in [0.4, 0.5) is 36.4 Å². The van der Waals surface area contributed by atoms with Crippen LogP contribution in [0.15, 0.2) is 84.9 Å². The molecule has 0 atom stereocenters. The van der Waals surface area contributed by atoms with Crippen LogP contribution in [0.2, 0.25) is 0 Å². The summed E-state index contributed by atoms with van der Waals surface area (Å²) in [5.74, 6) is -1.06. The summed E-state index contributed by atoms with van der Waals surface area (Å²) in [4.78, 5) is 50.1. The van der Waals surface area contributed by atoms with Gasteiger partial charge in [-0.25, -0.2) is 0 Å². The van der Waals surface area contributed by atoms with E-state index >= 15 is 0 Å². The largest absolute Gasteiger partial charge is 0.490 e. The molecule has 0 saturated heterocycles. The van der Waals surface area contributed by atoms with Crippen LogP contribution in [0.1, 0.15) is 29.8 Å². The Kier molecular flexibility index (Phi) is 12.3. The maximum Gasteiger partial charge on any atom is 0.422 e. The number of anilines is 4. The quantitative estimate of drug-likeness (QED) is 0.138. The molecule has 278 valence electrons. The summed E-state index contributed by atoms with van der Waals surface area (Å²) < 4.78 is 54.9. The third-order valence-electron chi connectivity index (χ3n) is 7.39.